The molecule has 0 bridgehead atoms. The van der Waals surface area contributed by atoms with Crippen LogP contribution in [0.3, 0.4) is 0 Å². The monoisotopic (exact) mass is 217 g/mol. The third kappa shape index (κ3) is 2.08. The van der Waals surface area contributed by atoms with E-state index in [-0.39, 0.29) is 0 Å². The van der Waals surface area contributed by atoms with E-state index < -0.39 is 6.10 Å². The molecule has 5 nitrogen and oxygen atoms in total. The lowest BCUT2D eigenvalue weighted by atomic mass is 10.1. The number of carbonyl (C=O) groups is 1. The fourth-order valence-corrected chi connectivity index (χ4v) is 1.45. The van der Waals surface area contributed by atoms with E-state index in [0.717, 1.165) is 5.56 Å². The number of ether oxygens (including phenoxy) is 1. The van der Waals surface area contributed by atoms with Crippen LogP contribution < -0.4 is 0 Å². The number of aryl methyl sites for hydroxylation is 1. The molecule has 1 atom stereocenters. The summed E-state index contributed by atoms with van der Waals surface area (Å²) in [6, 6.07) is 9.38. The van der Waals surface area contributed by atoms with Gasteiger partial charge < -0.3 is 4.74 Å². The van der Waals surface area contributed by atoms with E-state index in [9.17, 15) is 4.79 Å². The van der Waals surface area contributed by atoms with Crippen LogP contribution in [0, 0.1) is 0 Å². The Kier molecular flexibility index (Phi) is 2.95. The molecule has 0 aliphatic rings. The molecule has 1 aromatic carbocycles. The quantitative estimate of drug-likeness (QED) is 0.719. The lowest BCUT2D eigenvalue weighted by Crippen LogP contribution is -2.07. The van der Waals surface area contributed by atoms with Gasteiger partial charge in [-0.15, -0.1) is 0 Å². The molecule has 1 aromatic heterocycles. The van der Waals surface area contributed by atoms with Crippen molar-refractivity contribution in [1.82, 2.24) is 14.8 Å². The maximum Gasteiger partial charge on any atom is 0.294 e. The van der Waals surface area contributed by atoms with E-state index in [1.807, 2.05) is 30.3 Å². The van der Waals surface area contributed by atoms with Gasteiger partial charge in [0.2, 0.25) is 0 Å². The summed E-state index contributed by atoms with van der Waals surface area (Å²) in [5.41, 5.74) is 0.848. The number of benzene rings is 1. The molecule has 16 heavy (non-hydrogen) atoms. The Bertz CT molecular complexity index is 467. The summed E-state index contributed by atoms with van der Waals surface area (Å²) in [5, 5.41) is 4.13. The molecular weight excluding hydrogens is 206 g/mol. The molecule has 0 amide bonds. The molecule has 1 heterocycles. The summed E-state index contributed by atoms with van der Waals surface area (Å²) in [5.74, 6) is 0.473. The first-order valence-electron chi connectivity index (χ1n) is 4.81. The smallest absolute Gasteiger partial charge is 0.294 e. The number of hydrogen-bond acceptors (Lipinski definition) is 4. The molecule has 2 rings (SSSR count). The van der Waals surface area contributed by atoms with Crippen LogP contribution in [0.4, 0.5) is 0 Å². The molecule has 0 saturated carbocycles. The average molecular weight is 217 g/mol. The Morgan fingerprint density at radius 2 is 2.12 bits per heavy atom. The molecule has 82 valence electrons. The van der Waals surface area contributed by atoms with Gasteiger partial charge in [0.15, 0.2) is 11.9 Å². The van der Waals surface area contributed by atoms with Gasteiger partial charge in [-0.05, 0) is 0 Å². The predicted octanol–water partition coefficient (Wildman–Crippen LogP) is 1.08. The Morgan fingerprint density at radius 3 is 2.69 bits per heavy atom. The zero-order valence-corrected chi connectivity index (χ0v) is 8.78. The summed E-state index contributed by atoms with van der Waals surface area (Å²) in [6.07, 6.45) is 1.03. The third-order valence-corrected chi connectivity index (χ3v) is 2.15. The highest BCUT2D eigenvalue weighted by Crippen LogP contribution is 2.21. The molecule has 0 aliphatic carbocycles. The summed E-state index contributed by atoms with van der Waals surface area (Å²) >= 11 is 0. The Labute approximate surface area is 92.7 Å². The van der Waals surface area contributed by atoms with Crippen LogP contribution in [0.5, 0.6) is 0 Å². The van der Waals surface area contributed by atoms with E-state index in [0.29, 0.717) is 12.3 Å². The van der Waals surface area contributed by atoms with Crippen molar-refractivity contribution in [1.29, 1.82) is 0 Å². The van der Waals surface area contributed by atoms with E-state index in [2.05, 4.69) is 10.1 Å². The summed E-state index contributed by atoms with van der Waals surface area (Å²) in [7, 11) is 1.76. The van der Waals surface area contributed by atoms with Gasteiger partial charge in [0, 0.05) is 12.6 Å². The SMILES string of the molecule is Cn1cnc(C(OC=O)c2ccccc2)n1. The molecule has 0 fully saturated rings. The maximum atomic E-state index is 10.5. The van der Waals surface area contributed by atoms with Gasteiger partial charge in [-0.1, -0.05) is 30.3 Å². The Morgan fingerprint density at radius 1 is 1.38 bits per heavy atom. The first-order valence-corrected chi connectivity index (χ1v) is 4.81. The minimum Gasteiger partial charge on any atom is -0.451 e. The fourth-order valence-electron chi connectivity index (χ4n) is 1.45. The van der Waals surface area contributed by atoms with Crippen molar-refractivity contribution in [2.45, 2.75) is 6.10 Å². The van der Waals surface area contributed by atoms with Crippen molar-refractivity contribution in [3.8, 4) is 0 Å². The van der Waals surface area contributed by atoms with Crippen molar-refractivity contribution >= 4 is 6.47 Å². The molecule has 5 heteroatoms. The molecule has 0 N–H and O–H groups in total. The first kappa shape index (κ1) is 10.4. The summed E-state index contributed by atoms with van der Waals surface area (Å²) in [4.78, 5) is 14.6. The van der Waals surface area contributed by atoms with Crippen molar-refractivity contribution in [2.24, 2.45) is 7.05 Å². The normalized spacial score (nSPS) is 12.1. The van der Waals surface area contributed by atoms with Crippen LogP contribution in [0.15, 0.2) is 36.7 Å². The van der Waals surface area contributed by atoms with Gasteiger partial charge in [0.05, 0.1) is 0 Å². The maximum absolute atomic E-state index is 10.5. The van der Waals surface area contributed by atoms with Gasteiger partial charge in [0.25, 0.3) is 6.47 Å². The number of carbonyl (C=O) groups excluding carboxylic acids is 1. The van der Waals surface area contributed by atoms with E-state index >= 15 is 0 Å². The molecular formula is C11H11N3O2. The van der Waals surface area contributed by atoms with E-state index in [1.165, 1.54) is 0 Å². The molecule has 1 unspecified atom stereocenters. The topological polar surface area (TPSA) is 57.0 Å². The molecule has 2 aromatic rings. The lowest BCUT2D eigenvalue weighted by molar-refractivity contribution is -0.132. The van der Waals surface area contributed by atoms with Crippen LogP contribution in [-0.2, 0) is 16.6 Å². The number of nitrogens with zero attached hydrogens (tertiary/aromatic N) is 3. The summed E-state index contributed by atoms with van der Waals surface area (Å²) < 4.78 is 6.58. The van der Waals surface area contributed by atoms with Crippen molar-refractivity contribution in [2.75, 3.05) is 0 Å². The van der Waals surface area contributed by atoms with E-state index in [1.54, 1.807) is 18.1 Å². The lowest BCUT2D eigenvalue weighted by Gasteiger charge is -2.11. The number of aromatic nitrogens is 3. The second kappa shape index (κ2) is 4.57. The Balaban J connectivity index is 2.34. The average Bonchev–Trinajstić information content (AvgIpc) is 2.74. The van der Waals surface area contributed by atoms with Crippen LogP contribution in [0.1, 0.15) is 17.5 Å². The van der Waals surface area contributed by atoms with Crippen LogP contribution in [0.2, 0.25) is 0 Å². The molecule has 0 aliphatic heterocycles. The fraction of sp³-hybridized carbons (Fsp3) is 0.182. The van der Waals surface area contributed by atoms with Gasteiger partial charge >= 0.3 is 0 Å². The zero-order chi connectivity index (χ0) is 11.4. The number of rotatable bonds is 4. The number of hydrogen-bond donors (Lipinski definition) is 0. The van der Waals surface area contributed by atoms with Crippen LogP contribution in [0.25, 0.3) is 0 Å². The minimum atomic E-state index is -0.542. The van der Waals surface area contributed by atoms with Gasteiger partial charge in [0.1, 0.15) is 6.33 Å². The largest absolute Gasteiger partial charge is 0.451 e. The second-order valence-corrected chi connectivity index (χ2v) is 3.30. The second-order valence-electron chi connectivity index (χ2n) is 3.30. The predicted molar refractivity (Wildman–Crippen MR) is 56.4 cm³/mol. The minimum absolute atomic E-state index is 0.411. The zero-order valence-electron chi connectivity index (χ0n) is 8.78. The highest BCUT2D eigenvalue weighted by molar-refractivity contribution is 5.40. The highest BCUT2D eigenvalue weighted by Gasteiger charge is 2.18. The van der Waals surface area contributed by atoms with Crippen LogP contribution >= 0.6 is 0 Å². The van der Waals surface area contributed by atoms with Gasteiger partial charge in [-0.2, -0.15) is 5.10 Å². The van der Waals surface area contributed by atoms with Crippen molar-refractivity contribution in [3.05, 3.63) is 48.0 Å². The third-order valence-electron chi connectivity index (χ3n) is 2.15. The Hall–Kier alpha value is -2.17. The summed E-state index contributed by atoms with van der Waals surface area (Å²) in [6.45, 7) is 0.411. The van der Waals surface area contributed by atoms with Crippen molar-refractivity contribution < 1.29 is 9.53 Å². The molecule has 0 radical (unpaired) electrons. The standard InChI is InChI=1S/C11H11N3O2/c1-14-7-12-11(13-14)10(16-8-15)9-5-3-2-4-6-9/h2-8,10H,1H3. The van der Waals surface area contributed by atoms with Crippen molar-refractivity contribution in [3.63, 3.8) is 0 Å². The molecule has 0 spiro atoms. The molecule has 0 saturated heterocycles. The first-order chi connectivity index (χ1) is 7.81. The van der Waals surface area contributed by atoms with E-state index in [4.69, 9.17) is 4.74 Å². The van der Waals surface area contributed by atoms with Crippen LogP contribution in [-0.4, -0.2) is 21.2 Å². The van der Waals surface area contributed by atoms with Gasteiger partial charge in [-0.25, -0.2) is 4.98 Å². The van der Waals surface area contributed by atoms with Gasteiger partial charge in [-0.3, -0.25) is 9.48 Å². The highest BCUT2D eigenvalue weighted by atomic mass is 16.5.